The molecule has 0 aliphatic carbocycles. The fourth-order valence-corrected chi connectivity index (χ4v) is 5.22. The third kappa shape index (κ3) is 6.50. The Kier molecular flexibility index (Phi) is 9.25. The second-order valence-electron chi connectivity index (χ2n) is 10.8. The SMILES string of the molecule is CC(C)OC(=O)c1c2c(nn1[C@H](C)CNC(C)c1cc(F)c(=O)n(C)c1)C[C@@H](C)N(C(=O)c1ccc(Cl)c(Cl)c1)C2. The van der Waals surface area contributed by atoms with Crippen molar-refractivity contribution in [2.24, 2.45) is 7.05 Å². The number of benzene rings is 1. The zero-order valence-electron chi connectivity index (χ0n) is 23.9. The van der Waals surface area contributed by atoms with Crippen molar-refractivity contribution in [1.82, 2.24) is 24.6 Å². The molecule has 41 heavy (non-hydrogen) atoms. The molecule has 3 aromatic rings. The lowest BCUT2D eigenvalue weighted by atomic mass is 9.98. The summed E-state index contributed by atoms with van der Waals surface area (Å²) >= 11 is 12.2. The molecule has 0 radical (unpaired) electrons. The Morgan fingerprint density at radius 1 is 1.17 bits per heavy atom. The number of nitrogens with one attached hydrogen (secondary N) is 1. The van der Waals surface area contributed by atoms with Gasteiger partial charge in [0.2, 0.25) is 0 Å². The van der Waals surface area contributed by atoms with Crippen molar-refractivity contribution < 1.29 is 18.7 Å². The van der Waals surface area contributed by atoms with Gasteiger partial charge in [-0.25, -0.2) is 9.18 Å². The average molecular weight is 607 g/mol. The van der Waals surface area contributed by atoms with Crippen LogP contribution in [0, 0.1) is 5.82 Å². The number of aromatic nitrogens is 3. The summed E-state index contributed by atoms with van der Waals surface area (Å²) in [6.07, 6.45) is 1.68. The summed E-state index contributed by atoms with van der Waals surface area (Å²) < 4.78 is 22.5. The molecule has 9 nitrogen and oxygen atoms in total. The third-order valence-corrected chi connectivity index (χ3v) is 7.94. The van der Waals surface area contributed by atoms with Crippen molar-refractivity contribution in [3.05, 3.63) is 84.8 Å². The number of pyridine rings is 1. The van der Waals surface area contributed by atoms with Crippen molar-refractivity contribution in [3.8, 4) is 0 Å². The van der Waals surface area contributed by atoms with Crippen LogP contribution >= 0.6 is 23.2 Å². The first-order valence-electron chi connectivity index (χ1n) is 13.4. The highest BCUT2D eigenvalue weighted by atomic mass is 35.5. The number of rotatable bonds is 8. The quantitative estimate of drug-likeness (QED) is 0.359. The number of hydrogen-bond donors (Lipinski definition) is 1. The van der Waals surface area contributed by atoms with Gasteiger partial charge in [0.15, 0.2) is 11.5 Å². The number of carbonyl (C=O) groups is 2. The first-order chi connectivity index (χ1) is 19.3. The van der Waals surface area contributed by atoms with E-state index >= 15 is 0 Å². The highest BCUT2D eigenvalue weighted by Gasteiger charge is 2.36. The van der Waals surface area contributed by atoms with Crippen LogP contribution in [0.2, 0.25) is 10.0 Å². The molecule has 0 saturated heterocycles. The summed E-state index contributed by atoms with van der Waals surface area (Å²) in [6.45, 7) is 9.80. The van der Waals surface area contributed by atoms with Crippen LogP contribution in [0.3, 0.4) is 0 Å². The minimum absolute atomic E-state index is 0.173. The summed E-state index contributed by atoms with van der Waals surface area (Å²) in [6, 6.07) is 5.20. The third-order valence-electron chi connectivity index (χ3n) is 7.20. The maximum absolute atomic E-state index is 14.0. The van der Waals surface area contributed by atoms with Crippen LogP contribution < -0.4 is 10.9 Å². The van der Waals surface area contributed by atoms with Crippen LogP contribution in [0.1, 0.15) is 84.4 Å². The Hall–Kier alpha value is -3.21. The predicted octanol–water partition coefficient (Wildman–Crippen LogP) is 5.09. The molecule has 1 unspecified atom stereocenters. The van der Waals surface area contributed by atoms with Crippen LogP contribution in [0.15, 0.2) is 35.3 Å². The smallest absolute Gasteiger partial charge is 0.357 e. The molecule has 0 saturated carbocycles. The van der Waals surface area contributed by atoms with E-state index in [1.807, 2.05) is 20.8 Å². The van der Waals surface area contributed by atoms with E-state index < -0.39 is 17.3 Å². The maximum atomic E-state index is 14.0. The molecule has 3 atom stereocenters. The highest BCUT2D eigenvalue weighted by molar-refractivity contribution is 6.42. The molecular formula is C29H34Cl2FN5O4. The molecule has 1 aliphatic heterocycles. The molecule has 1 aliphatic rings. The molecule has 12 heteroatoms. The minimum atomic E-state index is -0.820. The maximum Gasteiger partial charge on any atom is 0.357 e. The van der Waals surface area contributed by atoms with Crippen LogP contribution in [0.4, 0.5) is 4.39 Å². The molecule has 0 spiro atoms. The summed E-state index contributed by atoms with van der Waals surface area (Å²) in [7, 11) is 1.50. The molecule has 4 rings (SSSR count). The first kappa shape index (κ1) is 30.7. The van der Waals surface area contributed by atoms with Gasteiger partial charge in [0.25, 0.3) is 11.5 Å². The fraction of sp³-hybridized carbons (Fsp3) is 0.448. The highest BCUT2D eigenvalue weighted by Crippen LogP contribution is 2.31. The summed E-state index contributed by atoms with van der Waals surface area (Å²) in [5.41, 5.74) is 1.98. The second-order valence-corrected chi connectivity index (χ2v) is 11.6. The van der Waals surface area contributed by atoms with Crippen molar-refractivity contribution in [3.63, 3.8) is 0 Å². The van der Waals surface area contributed by atoms with Crippen LogP contribution in [0.5, 0.6) is 0 Å². The van der Waals surface area contributed by atoms with Crippen molar-refractivity contribution in [2.45, 2.75) is 71.8 Å². The van der Waals surface area contributed by atoms with E-state index in [4.69, 9.17) is 33.0 Å². The van der Waals surface area contributed by atoms with E-state index in [0.29, 0.717) is 40.4 Å². The number of amides is 1. The van der Waals surface area contributed by atoms with Crippen molar-refractivity contribution >= 4 is 35.1 Å². The van der Waals surface area contributed by atoms with Gasteiger partial charge in [-0.05, 0) is 64.4 Å². The number of aryl methyl sites for hydroxylation is 1. The van der Waals surface area contributed by atoms with Crippen LogP contribution in [-0.2, 0) is 24.8 Å². The van der Waals surface area contributed by atoms with E-state index in [2.05, 4.69) is 5.32 Å². The predicted molar refractivity (Wildman–Crippen MR) is 155 cm³/mol. The van der Waals surface area contributed by atoms with Gasteiger partial charge in [0.1, 0.15) is 0 Å². The molecule has 1 amide bonds. The lowest BCUT2D eigenvalue weighted by molar-refractivity contribution is 0.0355. The van der Waals surface area contributed by atoms with Crippen molar-refractivity contribution in [2.75, 3.05) is 6.54 Å². The molecule has 1 N–H and O–H groups in total. The molecule has 220 valence electrons. The number of carbonyl (C=O) groups excluding carboxylic acids is 2. The van der Waals surface area contributed by atoms with Gasteiger partial charge in [-0.15, -0.1) is 0 Å². The first-order valence-corrected chi connectivity index (χ1v) is 14.2. The van der Waals surface area contributed by atoms with Gasteiger partial charge in [-0.2, -0.15) is 5.10 Å². The van der Waals surface area contributed by atoms with Gasteiger partial charge < -0.3 is 19.5 Å². The topological polar surface area (TPSA) is 98.5 Å². The van der Waals surface area contributed by atoms with Gasteiger partial charge in [0, 0.05) is 49.4 Å². The van der Waals surface area contributed by atoms with Gasteiger partial charge in [-0.1, -0.05) is 23.2 Å². The number of esters is 1. The van der Waals surface area contributed by atoms with Crippen LogP contribution in [0.25, 0.3) is 0 Å². The Labute approximate surface area is 248 Å². The Balaban J connectivity index is 1.62. The van der Waals surface area contributed by atoms with E-state index in [1.54, 1.807) is 41.8 Å². The van der Waals surface area contributed by atoms with Gasteiger partial charge >= 0.3 is 5.97 Å². The molecule has 0 fully saturated rings. The minimum Gasteiger partial charge on any atom is -0.458 e. The number of halogens is 3. The normalized spacial score (nSPS) is 16.4. The van der Waals surface area contributed by atoms with E-state index in [0.717, 1.165) is 5.69 Å². The van der Waals surface area contributed by atoms with E-state index in [1.165, 1.54) is 23.7 Å². The standard InChI is InChI=1S/C29H34Cl2FN5O4/c1-15(2)41-29(40)26-21-14-36(27(38)19-7-8-22(30)23(31)10-19)16(3)9-25(21)34-37(26)17(4)12-33-18(5)20-11-24(32)28(39)35(6)13-20/h7-8,10-11,13,15-18,33H,9,12,14H2,1-6H3/t16-,17-,18?/m1/s1. The zero-order chi connectivity index (χ0) is 30.2. The lowest BCUT2D eigenvalue weighted by Crippen LogP contribution is -2.43. The van der Waals surface area contributed by atoms with Gasteiger partial charge in [0.05, 0.1) is 34.4 Å². The molecular weight excluding hydrogens is 572 g/mol. The van der Waals surface area contributed by atoms with Crippen LogP contribution in [-0.4, -0.2) is 49.8 Å². The lowest BCUT2D eigenvalue weighted by Gasteiger charge is -2.33. The Morgan fingerprint density at radius 2 is 1.88 bits per heavy atom. The monoisotopic (exact) mass is 605 g/mol. The number of nitrogens with zero attached hydrogens (tertiary/aromatic N) is 4. The van der Waals surface area contributed by atoms with Gasteiger partial charge in [-0.3, -0.25) is 14.3 Å². The Bertz CT molecular complexity index is 1510. The molecule has 1 aromatic carbocycles. The van der Waals surface area contributed by atoms with Crippen molar-refractivity contribution in [1.29, 1.82) is 0 Å². The average Bonchev–Trinajstić information content (AvgIpc) is 3.28. The fourth-order valence-electron chi connectivity index (χ4n) is 4.92. The van der Waals surface area contributed by atoms with E-state index in [9.17, 15) is 18.8 Å². The summed E-state index contributed by atoms with van der Waals surface area (Å²) in [4.78, 5) is 40.3. The number of hydrogen-bond acceptors (Lipinski definition) is 6. The largest absolute Gasteiger partial charge is 0.458 e. The summed E-state index contributed by atoms with van der Waals surface area (Å²) in [5.74, 6) is -1.57. The number of fused-ring (bicyclic) bond motifs is 1. The van der Waals surface area contributed by atoms with E-state index in [-0.39, 0.29) is 41.7 Å². The summed E-state index contributed by atoms with van der Waals surface area (Å²) in [5, 5.41) is 8.79. The zero-order valence-corrected chi connectivity index (χ0v) is 25.4. The molecule has 3 heterocycles. The molecule has 2 aromatic heterocycles. The Morgan fingerprint density at radius 3 is 2.51 bits per heavy atom. The number of ether oxygens (including phenoxy) is 1. The molecule has 0 bridgehead atoms. The second kappa shape index (κ2) is 12.3.